The minimum absolute atomic E-state index is 0.428. The number of aliphatic imine (C=N–C) groups is 1. The number of rotatable bonds is 7. The van der Waals surface area contributed by atoms with E-state index in [1.807, 2.05) is 12.5 Å². The SMILES string of the molecule is CCNC(=NCc1ccccc1CN(C)C(C)C)N1CCC(C)C(n2ccnc2)C1. The average Bonchev–Trinajstić information content (AvgIpc) is 3.27. The number of guanidine groups is 1. The minimum atomic E-state index is 0.428. The van der Waals surface area contributed by atoms with Gasteiger partial charge in [-0.25, -0.2) is 9.98 Å². The van der Waals surface area contributed by atoms with Gasteiger partial charge in [-0.05, 0) is 51.3 Å². The Hall–Kier alpha value is -2.34. The number of piperidine rings is 1. The van der Waals surface area contributed by atoms with Gasteiger partial charge in [0.15, 0.2) is 5.96 Å². The van der Waals surface area contributed by atoms with Crippen LogP contribution in [0.4, 0.5) is 0 Å². The monoisotopic (exact) mass is 410 g/mol. The largest absolute Gasteiger partial charge is 0.357 e. The molecule has 6 heteroatoms. The first-order valence-corrected chi connectivity index (χ1v) is 11.3. The van der Waals surface area contributed by atoms with Gasteiger partial charge in [-0.2, -0.15) is 0 Å². The third-order valence-corrected chi connectivity index (χ3v) is 6.28. The zero-order chi connectivity index (χ0) is 21.5. The van der Waals surface area contributed by atoms with Crippen molar-refractivity contribution in [3.63, 3.8) is 0 Å². The fourth-order valence-electron chi connectivity index (χ4n) is 4.00. The van der Waals surface area contributed by atoms with Crippen LogP contribution in [0.5, 0.6) is 0 Å². The van der Waals surface area contributed by atoms with E-state index in [2.05, 4.69) is 89.9 Å². The maximum absolute atomic E-state index is 5.05. The van der Waals surface area contributed by atoms with E-state index in [1.54, 1.807) is 0 Å². The van der Waals surface area contributed by atoms with Crippen LogP contribution >= 0.6 is 0 Å². The van der Waals surface area contributed by atoms with Crippen molar-refractivity contribution in [2.75, 3.05) is 26.7 Å². The Kier molecular flexibility index (Phi) is 7.91. The second-order valence-corrected chi connectivity index (χ2v) is 8.74. The first-order chi connectivity index (χ1) is 14.5. The van der Waals surface area contributed by atoms with E-state index in [0.29, 0.717) is 24.5 Å². The molecule has 2 atom stereocenters. The van der Waals surface area contributed by atoms with Gasteiger partial charge in [-0.1, -0.05) is 31.2 Å². The number of aromatic nitrogens is 2. The van der Waals surface area contributed by atoms with Crippen molar-refractivity contribution in [1.82, 2.24) is 24.7 Å². The second-order valence-electron chi connectivity index (χ2n) is 8.74. The summed E-state index contributed by atoms with van der Waals surface area (Å²) in [5.74, 6) is 1.65. The predicted molar refractivity (Wildman–Crippen MR) is 124 cm³/mol. The van der Waals surface area contributed by atoms with Gasteiger partial charge in [0.05, 0.1) is 18.9 Å². The van der Waals surface area contributed by atoms with Gasteiger partial charge in [0.25, 0.3) is 0 Å². The molecule has 0 spiro atoms. The van der Waals surface area contributed by atoms with Crippen LogP contribution < -0.4 is 5.32 Å². The number of hydrogen-bond donors (Lipinski definition) is 1. The highest BCUT2D eigenvalue weighted by atomic mass is 15.3. The summed E-state index contributed by atoms with van der Waals surface area (Å²) in [7, 11) is 2.18. The van der Waals surface area contributed by atoms with Crippen molar-refractivity contribution < 1.29 is 0 Å². The van der Waals surface area contributed by atoms with Gasteiger partial charge in [-0.3, -0.25) is 4.90 Å². The molecule has 1 aromatic carbocycles. The molecule has 0 amide bonds. The zero-order valence-electron chi connectivity index (χ0n) is 19.3. The number of nitrogens with one attached hydrogen (secondary N) is 1. The van der Waals surface area contributed by atoms with Crippen LogP contribution in [0.1, 0.15) is 51.3 Å². The van der Waals surface area contributed by atoms with Gasteiger partial charge < -0.3 is 14.8 Å². The summed E-state index contributed by atoms with van der Waals surface area (Å²) in [5.41, 5.74) is 2.66. The quantitative estimate of drug-likeness (QED) is 0.558. The summed E-state index contributed by atoms with van der Waals surface area (Å²) in [6.45, 7) is 13.5. The number of nitrogens with zero attached hydrogens (tertiary/aromatic N) is 5. The van der Waals surface area contributed by atoms with Gasteiger partial charge >= 0.3 is 0 Å². The summed E-state index contributed by atoms with van der Waals surface area (Å²) in [6, 6.07) is 9.64. The summed E-state index contributed by atoms with van der Waals surface area (Å²) in [4.78, 5) is 14.1. The zero-order valence-corrected chi connectivity index (χ0v) is 19.3. The molecule has 6 nitrogen and oxygen atoms in total. The Morgan fingerprint density at radius 3 is 2.73 bits per heavy atom. The lowest BCUT2D eigenvalue weighted by molar-refractivity contribution is 0.189. The first kappa shape index (κ1) is 22.3. The molecule has 3 rings (SSSR count). The van der Waals surface area contributed by atoms with Crippen LogP contribution in [0.2, 0.25) is 0 Å². The van der Waals surface area contributed by atoms with E-state index in [9.17, 15) is 0 Å². The molecule has 1 saturated heterocycles. The normalized spacial score (nSPS) is 20.2. The van der Waals surface area contributed by atoms with E-state index in [0.717, 1.165) is 38.6 Å². The summed E-state index contributed by atoms with van der Waals surface area (Å²) >= 11 is 0. The lowest BCUT2D eigenvalue weighted by Crippen LogP contribution is -2.49. The Morgan fingerprint density at radius 1 is 1.30 bits per heavy atom. The Labute approximate surface area is 182 Å². The Morgan fingerprint density at radius 2 is 2.07 bits per heavy atom. The van der Waals surface area contributed by atoms with E-state index in [-0.39, 0.29) is 0 Å². The molecule has 0 saturated carbocycles. The molecule has 30 heavy (non-hydrogen) atoms. The van der Waals surface area contributed by atoms with E-state index in [4.69, 9.17) is 4.99 Å². The van der Waals surface area contributed by atoms with Crippen molar-refractivity contribution in [3.8, 4) is 0 Å². The van der Waals surface area contributed by atoms with Gasteiger partial charge in [-0.15, -0.1) is 0 Å². The molecule has 1 fully saturated rings. The molecule has 0 radical (unpaired) electrons. The van der Waals surface area contributed by atoms with Gasteiger partial charge in [0, 0.05) is 44.6 Å². The van der Waals surface area contributed by atoms with Crippen LogP contribution in [-0.2, 0) is 13.1 Å². The highest BCUT2D eigenvalue weighted by molar-refractivity contribution is 5.80. The summed E-state index contributed by atoms with van der Waals surface area (Å²) in [5, 5.41) is 3.52. The molecular formula is C24H38N6. The summed E-state index contributed by atoms with van der Waals surface area (Å²) < 4.78 is 2.25. The molecule has 2 aromatic rings. The van der Waals surface area contributed by atoms with Crippen LogP contribution in [0.15, 0.2) is 48.0 Å². The highest BCUT2D eigenvalue weighted by Gasteiger charge is 2.28. The maximum Gasteiger partial charge on any atom is 0.194 e. The molecule has 2 unspecified atom stereocenters. The molecule has 164 valence electrons. The standard InChI is InChI=1S/C24H38N6/c1-6-26-24(29-13-11-20(4)23(17-29)30-14-12-25-18-30)27-15-21-9-7-8-10-22(21)16-28(5)19(2)3/h7-10,12,14,18-20,23H,6,11,13,15-17H2,1-5H3,(H,26,27). The molecule has 0 aliphatic carbocycles. The smallest absolute Gasteiger partial charge is 0.194 e. The van der Waals surface area contributed by atoms with E-state index < -0.39 is 0 Å². The number of hydrogen-bond acceptors (Lipinski definition) is 3. The Bertz CT molecular complexity index is 798. The number of benzene rings is 1. The minimum Gasteiger partial charge on any atom is -0.357 e. The van der Waals surface area contributed by atoms with Crippen molar-refractivity contribution >= 4 is 5.96 Å². The van der Waals surface area contributed by atoms with E-state index >= 15 is 0 Å². The first-order valence-electron chi connectivity index (χ1n) is 11.3. The van der Waals surface area contributed by atoms with Crippen LogP contribution in [0.25, 0.3) is 0 Å². The topological polar surface area (TPSA) is 48.7 Å². The maximum atomic E-state index is 5.05. The van der Waals surface area contributed by atoms with Crippen molar-refractivity contribution in [1.29, 1.82) is 0 Å². The third-order valence-electron chi connectivity index (χ3n) is 6.28. The average molecular weight is 411 g/mol. The fourth-order valence-corrected chi connectivity index (χ4v) is 4.00. The van der Waals surface area contributed by atoms with Crippen molar-refractivity contribution in [3.05, 3.63) is 54.1 Å². The van der Waals surface area contributed by atoms with E-state index in [1.165, 1.54) is 11.1 Å². The molecular weight excluding hydrogens is 372 g/mol. The molecule has 1 aliphatic heterocycles. The molecule has 2 heterocycles. The van der Waals surface area contributed by atoms with Crippen LogP contribution in [-0.4, -0.2) is 58.0 Å². The van der Waals surface area contributed by atoms with Crippen molar-refractivity contribution in [2.45, 2.75) is 59.3 Å². The number of likely N-dealkylation sites (tertiary alicyclic amines) is 1. The van der Waals surface area contributed by atoms with Crippen LogP contribution in [0.3, 0.4) is 0 Å². The van der Waals surface area contributed by atoms with Crippen molar-refractivity contribution in [2.24, 2.45) is 10.9 Å². The summed E-state index contributed by atoms with van der Waals surface area (Å²) in [6.07, 6.45) is 7.05. The highest BCUT2D eigenvalue weighted by Crippen LogP contribution is 2.27. The fraction of sp³-hybridized carbons (Fsp3) is 0.583. The molecule has 0 bridgehead atoms. The van der Waals surface area contributed by atoms with Crippen LogP contribution in [0, 0.1) is 5.92 Å². The molecule has 1 N–H and O–H groups in total. The lowest BCUT2D eigenvalue weighted by Gasteiger charge is -2.39. The second kappa shape index (κ2) is 10.6. The molecule has 1 aliphatic rings. The van der Waals surface area contributed by atoms with Gasteiger partial charge in [0.2, 0.25) is 0 Å². The lowest BCUT2D eigenvalue weighted by atomic mass is 9.93. The molecule has 1 aromatic heterocycles. The van der Waals surface area contributed by atoms with Gasteiger partial charge in [0.1, 0.15) is 0 Å². The Balaban J connectivity index is 1.75. The predicted octanol–water partition coefficient (Wildman–Crippen LogP) is 3.77. The number of imidazole rings is 1. The third kappa shape index (κ3) is 5.63.